The number of hydrazone groups is 1. The van der Waals surface area contributed by atoms with Crippen molar-refractivity contribution in [3.63, 3.8) is 0 Å². The first-order valence-corrected chi connectivity index (χ1v) is 7.95. The van der Waals surface area contributed by atoms with Gasteiger partial charge in [0.1, 0.15) is 18.2 Å². The summed E-state index contributed by atoms with van der Waals surface area (Å²) in [4.78, 5) is 3.19. The summed E-state index contributed by atoms with van der Waals surface area (Å²) < 4.78 is 84.2. The van der Waals surface area contributed by atoms with Crippen molar-refractivity contribution in [1.29, 1.82) is 0 Å². The first kappa shape index (κ1) is 19.2. The number of pyridine rings is 1. The normalized spacial score (nSPS) is 12.9. The average molecular weight is 452 g/mol. The van der Waals surface area contributed by atoms with E-state index < -0.39 is 29.1 Å². The number of fused-ring (bicyclic) bond motifs is 1. The highest BCUT2D eigenvalue weighted by Crippen LogP contribution is 2.39. The average Bonchev–Trinajstić information content (AvgIpc) is 2.97. The van der Waals surface area contributed by atoms with E-state index >= 15 is 0 Å². The maximum Gasteiger partial charge on any atom is 0.433 e. The lowest BCUT2D eigenvalue weighted by Gasteiger charge is -2.15. The first-order chi connectivity index (χ1) is 12.6. The summed E-state index contributed by atoms with van der Waals surface area (Å²) in [5.74, 6) is 0. The zero-order valence-corrected chi connectivity index (χ0v) is 14.6. The maximum absolute atomic E-state index is 13.2. The van der Waals surface area contributed by atoms with Crippen LogP contribution in [0.4, 0.5) is 32.0 Å². The summed E-state index contributed by atoms with van der Waals surface area (Å²) in [6, 6.07) is 3.58. The topological polar surface area (TPSA) is 50.4 Å². The molecule has 142 valence electrons. The van der Waals surface area contributed by atoms with E-state index in [0.717, 1.165) is 6.07 Å². The van der Waals surface area contributed by atoms with Gasteiger partial charge in [-0.05, 0) is 28.1 Å². The number of halogens is 7. The van der Waals surface area contributed by atoms with Crippen molar-refractivity contribution in [1.82, 2.24) is 4.98 Å². The lowest BCUT2D eigenvalue weighted by atomic mass is 10.1. The molecule has 0 spiro atoms. The highest BCUT2D eigenvalue weighted by Gasteiger charge is 2.37. The lowest BCUT2D eigenvalue weighted by Crippen LogP contribution is -2.12. The minimum absolute atomic E-state index is 0.152. The van der Waals surface area contributed by atoms with Gasteiger partial charge in [0.05, 0.1) is 27.5 Å². The van der Waals surface area contributed by atoms with Gasteiger partial charge in [0.15, 0.2) is 0 Å². The van der Waals surface area contributed by atoms with Gasteiger partial charge in [-0.3, -0.25) is 5.43 Å². The maximum atomic E-state index is 13.2. The van der Waals surface area contributed by atoms with Crippen molar-refractivity contribution in [3.05, 3.63) is 58.1 Å². The van der Waals surface area contributed by atoms with Gasteiger partial charge in [0, 0.05) is 10.9 Å². The van der Waals surface area contributed by atoms with E-state index in [4.69, 9.17) is 4.42 Å². The molecule has 0 aliphatic rings. The molecule has 4 nitrogen and oxygen atoms in total. The third-order valence-electron chi connectivity index (χ3n) is 3.47. The van der Waals surface area contributed by atoms with E-state index in [2.05, 4.69) is 31.4 Å². The molecule has 0 radical (unpaired) electrons. The molecular formula is C16H8BrF6N3O. The molecule has 2 heterocycles. The Morgan fingerprint density at radius 2 is 1.81 bits per heavy atom. The van der Waals surface area contributed by atoms with E-state index in [1.54, 1.807) is 0 Å². The van der Waals surface area contributed by atoms with Gasteiger partial charge in [-0.2, -0.15) is 31.4 Å². The van der Waals surface area contributed by atoms with Crippen LogP contribution in [0.3, 0.4) is 0 Å². The van der Waals surface area contributed by atoms with Crippen LogP contribution < -0.4 is 5.43 Å². The van der Waals surface area contributed by atoms with Crippen LogP contribution in [0.1, 0.15) is 16.8 Å². The van der Waals surface area contributed by atoms with E-state index in [1.807, 2.05) is 0 Å². The summed E-state index contributed by atoms with van der Waals surface area (Å²) in [7, 11) is 0. The van der Waals surface area contributed by atoms with Crippen LogP contribution in [0, 0.1) is 0 Å². The fraction of sp³-hybridized carbons (Fsp3) is 0.125. The Balaban J connectivity index is 2.13. The predicted molar refractivity (Wildman–Crippen MR) is 89.4 cm³/mol. The lowest BCUT2D eigenvalue weighted by molar-refractivity contribution is -0.142. The molecule has 0 saturated heterocycles. The Labute approximate surface area is 156 Å². The van der Waals surface area contributed by atoms with Crippen molar-refractivity contribution in [2.24, 2.45) is 5.10 Å². The highest BCUT2D eigenvalue weighted by molar-refractivity contribution is 9.10. The van der Waals surface area contributed by atoms with Crippen LogP contribution in [0.5, 0.6) is 0 Å². The molecule has 3 aromatic rings. The number of furan rings is 1. The first-order valence-electron chi connectivity index (χ1n) is 7.16. The number of hydrogen-bond acceptors (Lipinski definition) is 4. The quantitative estimate of drug-likeness (QED) is 0.298. The van der Waals surface area contributed by atoms with Crippen molar-refractivity contribution in [2.45, 2.75) is 12.4 Å². The summed E-state index contributed by atoms with van der Waals surface area (Å²) in [6.45, 7) is 0. The standard InChI is InChI=1S/C16H8BrF6N3O/c17-11-7-27-6-8(11)5-24-26-12-4-13(16(21,22)23)25-14-9(12)2-1-3-10(14)15(18,19)20/h1-7H,(H,25,26)/b24-5+. The molecule has 27 heavy (non-hydrogen) atoms. The molecule has 0 unspecified atom stereocenters. The van der Waals surface area contributed by atoms with Crippen molar-refractivity contribution in [2.75, 3.05) is 5.43 Å². The number of alkyl halides is 6. The second kappa shape index (κ2) is 6.87. The highest BCUT2D eigenvalue weighted by atomic mass is 79.9. The van der Waals surface area contributed by atoms with Gasteiger partial charge < -0.3 is 4.42 Å². The Hall–Kier alpha value is -2.56. The molecular weight excluding hydrogens is 444 g/mol. The fourth-order valence-corrected chi connectivity index (χ4v) is 2.57. The number of benzene rings is 1. The number of rotatable bonds is 3. The second-order valence-corrected chi connectivity index (χ2v) is 6.15. The Bertz CT molecular complexity index is 1010. The van der Waals surface area contributed by atoms with Crippen molar-refractivity contribution >= 4 is 38.7 Å². The van der Waals surface area contributed by atoms with Gasteiger partial charge in [0.25, 0.3) is 0 Å². The van der Waals surface area contributed by atoms with Crippen LogP contribution in [0.25, 0.3) is 10.9 Å². The summed E-state index contributed by atoms with van der Waals surface area (Å²) in [5, 5.41) is 3.62. The molecule has 2 aromatic heterocycles. The molecule has 0 amide bonds. The molecule has 0 fully saturated rings. The summed E-state index contributed by atoms with van der Waals surface area (Å²) in [6.07, 6.45) is -5.87. The molecule has 0 saturated carbocycles. The Morgan fingerprint density at radius 1 is 1.07 bits per heavy atom. The van der Waals surface area contributed by atoms with Crippen LogP contribution in [-0.2, 0) is 12.4 Å². The minimum atomic E-state index is -4.93. The number of para-hydroxylation sites is 1. The number of aromatic nitrogens is 1. The van der Waals surface area contributed by atoms with Crippen LogP contribution >= 0.6 is 15.9 Å². The molecule has 0 atom stereocenters. The number of nitrogens with zero attached hydrogens (tertiary/aromatic N) is 2. The van der Waals surface area contributed by atoms with Gasteiger partial charge in [-0.15, -0.1) is 0 Å². The minimum Gasteiger partial charge on any atom is -0.471 e. The molecule has 0 aliphatic carbocycles. The molecule has 0 aliphatic heterocycles. The van der Waals surface area contributed by atoms with Crippen LogP contribution in [0.2, 0.25) is 0 Å². The largest absolute Gasteiger partial charge is 0.471 e. The summed E-state index contributed by atoms with van der Waals surface area (Å²) in [5.41, 5.74) is -0.995. The van der Waals surface area contributed by atoms with Crippen LogP contribution in [-0.4, -0.2) is 11.2 Å². The number of hydrogen-bond donors (Lipinski definition) is 1. The summed E-state index contributed by atoms with van der Waals surface area (Å²) >= 11 is 3.17. The third-order valence-corrected chi connectivity index (χ3v) is 4.11. The van der Waals surface area contributed by atoms with Gasteiger partial charge >= 0.3 is 12.4 Å². The zero-order valence-electron chi connectivity index (χ0n) is 13.0. The van der Waals surface area contributed by atoms with E-state index in [0.29, 0.717) is 22.2 Å². The van der Waals surface area contributed by atoms with Crippen molar-refractivity contribution < 1.29 is 30.8 Å². The number of nitrogens with one attached hydrogen (secondary N) is 1. The Morgan fingerprint density at radius 3 is 2.41 bits per heavy atom. The van der Waals surface area contributed by atoms with E-state index in [9.17, 15) is 26.3 Å². The predicted octanol–water partition coefficient (Wildman–Crippen LogP) is 6.07. The Kier molecular flexibility index (Phi) is 4.89. The zero-order chi connectivity index (χ0) is 19.8. The number of anilines is 1. The second-order valence-electron chi connectivity index (χ2n) is 5.30. The molecule has 0 bridgehead atoms. The van der Waals surface area contributed by atoms with Gasteiger partial charge in [0.2, 0.25) is 0 Å². The molecule has 1 N–H and O–H groups in total. The van der Waals surface area contributed by atoms with E-state index in [1.165, 1.54) is 24.8 Å². The van der Waals surface area contributed by atoms with E-state index in [-0.39, 0.29) is 11.1 Å². The van der Waals surface area contributed by atoms with Gasteiger partial charge in [-0.25, -0.2) is 4.98 Å². The molecule has 1 aromatic carbocycles. The SMILES string of the molecule is FC(F)(F)c1cc(N/N=C/c2cocc2Br)c2cccc(C(F)(F)F)c2n1. The van der Waals surface area contributed by atoms with Gasteiger partial charge in [-0.1, -0.05) is 12.1 Å². The third kappa shape index (κ3) is 4.07. The smallest absolute Gasteiger partial charge is 0.433 e. The fourth-order valence-electron chi connectivity index (χ4n) is 2.27. The molecule has 11 heteroatoms. The molecule has 3 rings (SSSR count). The van der Waals surface area contributed by atoms with Crippen LogP contribution in [0.15, 0.2) is 50.8 Å². The monoisotopic (exact) mass is 451 g/mol. The van der Waals surface area contributed by atoms with Crippen molar-refractivity contribution in [3.8, 4) is 0 Å².